The van der Waals surface area contributed by atoms with Gasteiger partial charge in [0.05, 0.1) is 36.3 Å². The highest BCUT2D eigenvalue weighted by atomic mass is 32.2. The summed E-state index contributed by atoms with van der Waals surface area (Å²) >= 11 is 0. The van der Waals surface area contributed by atoms with Crippen molar-refractivity contribution in [3.63, 3.8) is 0 Å². The van der Waals surface area contributed by atoms with Crippen LogP contribution < -0.4 is 19.1 Å². The fourth-order valence-corrected chi connectivity index (χ4v) is 5.91. The van der Waals surface area contributed by atoms with Crippen LogP contribution in [0.2, 0.25) is 0 Å². The van der Waals surface area contributed by atoms with Gasteiger partial charge < -0.3 is 14.8 Å². The van der Waals surface area contributed by atoms with E-state index in [1.165, 1.54) is 23.5 Å². The average molecular weight is 573 g/mol. The van der Waals surface area contributed by atoms with Gasteiger partial charge in [0, 0.05) is 0 Å². The van der Waals surface area contributed by atoms with E-state index < -0.39 is 15.9 Å². The maximum atomic E-state index is 14.0. The van der Waals surface area contributed by atoms with Crippen LogP contribution in [0.15, 0.2) is 108 Å². The molecule has 7 nitrogen and oxygen atoms in total. The Hall–Kier alpha value is -4.30. The number of benzene rings is 4. The minimum absolute atomic E-state index is 0.0478. The van der Waals surface area contributed by atoms with Crippen LogP contribution in [-0.2, 0) is 22.0 Å². The fraction of sp³-hybridized carbons (Fsp3) is 0.242. The molecule has 0 unspecified atom stereocenters. The SMILES string of the molecule is COc1ccc(S(=O)(=O)N(Cc2ccccc2)c2ccccc2C(=O)NCCOc2ccccc2C(C)(C)C)cc1. The van der Waals surface area contributed by atoms with Gasteiger partial charge in [-0.15, -0.1) is 0 Å². The van der Waals surface area contributed by atoms with Gasteiger partial charge in [-0.1, -0.05) is 81.4 Å². The van der Waals surface area contributed by atoms with E-state index in [-0.39, 0.29) is 41.3 Å². The molecule has 0 bridgehead atoms. The molecular formula is C33H36N2O5S. The zero-order valence-corrected chi connectivity index (χ0v) is 24.6. The first-order valence-corrected chi connectivity index (χ1v) is 14.9. The molecule has 1 N–H and O–H groups in total. The lowest BCUT2D eigenvalue weighted by atomic mass is 9.86. The number of para-hydroxylation sites is 2. The third kappa shape index (κ3) is 7.27. The minimum atomic E-state index is -4.04. The van der Waals surface area contributed by atoms with Crippen molar-refractivity contribution in [1.29, 1.82) is 0 Å². The van der Waals surface area contributed by atoms with Crippen molar-refractivity contribution in [2.24, 2.45) is 0 Å². The van der Waals surface area contributed by atoms with Crippen LogP contribution in [0.3, 0.4) is 0 Å². The number of rotatable bonds is 11. The maximum Gasteiger partial charge on any atom is 0.264 e. The lowest BCUT2D eigenvalue weighted by Gasteiger charge is -2.27. The molecule has 4 aromatic carbocycles. The van der Waals surface area contributed by atoms with Gasteiger partial charge in [0.25, 0.3) is 15.9 Å². The van der Waals surface area contributed by atoms with Gasteiger partial charge in [-0.3, -0.25) is 9.10 Å². The molecule has 0 spiro atoms. The van der Waals surface area contributed by atoms with Gasteiger partial charge in [-0.05, 0) is 59.0 Å². The van der Waals surface area contributed by atoms with Gasteiger partial charge in [-0.25, -0.2) is 8.42 Å². The molecule has 0 heterocycles. The molecule has 0 atom stereocenters. The summed E-state index contributed by atoms with van der Waals surface area (Å²) in [5, 5.41) is 2.89. The Morgan fingerprint density at radius 1 is 0.829 bits per heavy atom. The predicted octanol–water partition coefficient (Wildman–Crippen LogP) is 6.20. The van der Waals surface area contributed by atoms with E-state index in [1.807, 2.05) is 54.6 Å². The molecule has 0 fully saturated rings. The predicted molar refractivity (Wildman–Crippen MR) is 162 cm³/mol. The summed E-state index contributed by atoms with van der Waals surface area (Å²) in [7, 11) is -2.52. The van der Waals surface area contributed by atoms with Crippen molar-refractivity contribution >= 4 is 21.6 Å². The van der Waals surface area contributed by atoms with Crippen molar-refractivity contribution < 1.29 is 22.7 Å². The fourth-order valence-electron chi connectivity index (χ4n) is 4.44. The average Bonchev–Trinajstić information content (AvgIpc) is 2.98. The van der Waals surface area contributed by atoms with Crippen molar-refractivity contribution in [1.82, 2.24) is 5.32 Å². The smallest absolute Gasteiger partial charge is 0.264 e. The summed E-state index contributed by atoms with van der Waals surface area (Å²) in [6.07, 6.45) is 0. The van der Waals surface area contributed by atoms with Crippen LogP contribution in [0.25, 0.3) is 0 Å². The first-order chi connectivity index (χ1) is 19.6. The molecule has 0 aromatic heterocycles. The van der Waals surface area contributed by atoms with E-state index in [0.717, 1.165) is 16.9 Å². The van der Waals surface area contributed by atoms with Crippen molar-refractivity contribution in [3.8, 4) is 11.5 Å². The summed E-state index contributed by atoms with van der Waals surface area (Å²) in [6, 6.07) is 30.1. The second-order valence-electron chi connectivity index (χ2n) is 10.5. The Morgan fingerprint density at radius 3 is 2.15 bits per heavy atom. The first kappa shape index (κ1) is 29.7. The molecule has 4 aromatic rings. The first-order valence-electron chi connectivity index (χ1n) is 13.4. The summed E-state index contributed by atoms with van der Waals surface area (Å²) in [4.78, 5) is 13.5. The van der Waals surface area contributed by atoms with Crippen molar-refractivity contribution in [3.05, 3.63) is 120 Å². The van der Waals surface area contributed by atoms with Gasteiger partial charge in [0.1, 0.15) is 18.1 Å². The molecule has 0 aliphatic rings. The molecule has 0 saturated carbocycles. The Kier molecular flexibility index (Phi) is 9.35. The van der Waals surface area contributed by atoms with E-state index in [0.29, 0.717) is 5.75 Å². The number of hydrogen-bond acceptors (Lipinski definition) is 5. The number of sulfonamides is 1. The molecule has 0 saturated heterocycles. The Labute approximate surface area is 242 Å². The molecule has 41 heavy (non-hydrogen) atoms. The largest absolute Gasteiger partial charge is 0.497 e. The van der Waals surface area contributed by atoms with Crippen LogP contribution in [-0.4, -0.2) is 34.6 Å². The van der Waals surface area contributed by atoms with Gasteiger partial charge in [0.15, 0.2) is 0 Å². The second kappa shape index (κ2) is 12.9. The highest BCUT2D eigenvalue weighted by Gasteiger charge is 2.29. The number of methoxy groups -OCH3 is 1. The number of nitrogens with zero attached hydrogens (tertiary/aromatic N) is 1. The number of nitrogens with one attached hydrogen (secondary N) is 1. The lowest BCUT2D eigenvalue weighted by molar-refractivity contribution is 0.0947. The third-order valence-corrected chi connectivity index (χ3v) is 8.35. The zero-order valence-electron chi connectivity index (χ0n) is 23.8. The van der Waals surface area contributed by atoms with Crippen LogP contribution in [0.4, 0.5) is 5.69 Å². The van der Waals surface area contributed by atoms with E-state index in [2.05, 4.69) is 26.1 Å². The number of carbonyl (C=O) groups is 1. The molecule has 1 amide bonds. The zero-order chi connectivity index (χ0) is 29.5. The topological polar surface area (TPSA) is 84.9 Å². The monoisotopic (exact) mass is 572 g/mol. The minimum Gasteiger partial charge on any atom is -0.497 e. The van der Waals surface area contributed by atoms with Gasteiger partial charge in [0.2, 0.25) is 0 Å². The molecule has 0 aliphatic carbocycles. The number of hydrogen-bond donors (Lipinski definition) is 1. The standard InChI is InChI=1S/C33H36N2O5S/c1-33(2,3)29-15-9-11-17-31(29)40-23-22-34-32(36)28-14-8-10-16-30(28)35(24-25-12-6-5-7-13-25)41(37,38)27-20-18-26(39-4)19-21-27/h5-21H,22-24H2,1-4H3,(H,34,36). The molecular weight excluding hydrogens is 536 g/mol. The quantitative estimate of drug-likeness (QED) is 0.217. The second-order valence-corrected chi connectivity index (χ2v) is 12.4. The Balaban J connectivity index is 1.58. The number of anilines is 1. The molecule has 0 radical (unpaired) electrons. The van der Waals surface area contributed by atoms with Crippen molar-refractivity contribution in [2.75, 3.05) is 24.6 Å². The van der Waals surface area contributed by atoms with Crippen LogP contribution in [0.1, 0.15) is 42.3 Å². The number of ether oxygens (including phenoxy) is 2. The van der Waals surface area contributed by atoms with Crippen LogP contribution >= 0.6 is 0 Å². The van der Waals surface area contributed by atoms with E-state index >= 15 is 0 Å². The normalized spacial score (nSPS) is 11.5. The number of amides is 1. The molecule has 8 heteroatoms. The lowest BCUT2D eigenvalue weighted by Crippen LogP contribution is -2.34. The van der Waals surface area contributed by atoms with E-state index in [1.54, 1.807) is 36.4 Å². The highest BCUT2D eigenvalue weighted by molar-refractivity contribution is 7.92. The summed E-state index contributed by atoms with van der Waals surface area (Å²) in [6.45, 7) is 6.92. The van der Waals surface area contributed by atoms with Gasteiger partial charge >= 0.3 is 0 Å². The Morgan fingerprint density at radius 2 is 1.46 bits per heavy atom. The highest BCUT2D eigenvalue weighted by Crippen LogP contribution is 2.32. The van der Waals surface area contributed by atoms with E-state index in [4.69, 9.17) is 9.47 Å². The molecule has 214 valence electrons. The maximum absolute atomic E-state index is 14.0. The molecule has 0 aliphatic heterocycles. The molecule has 4 rings (SSSR count). The van der Waals surface area contributed by atoms with Crippen LogP contribution in [0.5, 0.6) is 11.5 Å². The summed E-state index contributed by atoms with van der Waals surface area (Å²) in [5.41, 5.74) is 2.30. The van der Waals surface area contributed by atoms with Gasteiger partial charge in [-0.2, -0.15) is 0 Å². The Bertz CT molecular complexity index is 1560. The summed E-state index contributed by atoms with van der Waals surface area (Å²) < 4.78 is 40.4. The van der Waals surface area contributed by atoms with Crippen LogP contribution in [0, 0.1) is 0 Å². The third-order valence-electron chi connectivity index (χ3n) is 6.57. The van der Waals surface area contributed by atoms with E-state index in [9.17, 15) is 13.2 Å². The number of carbonyl (C=O) groups excluding carboxylic acids is 1. The van der Waals surface area contributed by atoms with Crippen molar-refractivity contribution in [2.45, 2.75) is 37.6 Å². The summed E-state index contributed by atoms with van der Waals surface area (Å²) in [5.74, 6) is 0.927.